The Labute approximate surface area is 252 Å². The van der Waals surface area contributed by atoms with Crippen molar-refractivity contribution in [3.63, 3.8) is 0 Å². The Morgan fingerprint density at radius 3 is 2.58 bits per heavy atom. The summed E-state index contributed by atoms with van der Waals surface area (Å²) in [6.45, 7) is 7.11. The second-order valence-electron chi connectivity index (χ2n) is 11.9. The van der Waals surface area contributed by atoms with E-state index in [-0.39, 0.29) is 24.9 Å². The van der Waals surface area contributed by atoms with E-state index in [2.05, 4.69) is 15.7 Å². The second kappa shape index (κ2) is 13.9. The van der Waals surface area contributed by atoms with Gasteiger partial charge in [0.25, 0.3) is 0 Å². The predicted octanol–water partition coefficient (Wildman–Crippen LogP) is 4.66. The normalized spacial score (nSPS) is 28.8. The number of benzene rings is 1. The molecule has 2 N–H and O–H groups in total. The maximum atomic E-state index is 13.4. The highest BCUT2D eigenvalue weighted by molar-refractivity contribution is 5.85. The molecular weight excluding hydrogens is 552 g/mol. The van der Waals surface area contributed by atoms with Gasteiger partial charge in [-0.1, -0.05) is 57.2 Å². The van der Waals surface area contributed by atoms with Crippen molar-refractivity contribution in [3.05, 3.63) is 48.2 Å². The minimum atomic E-state index is -1.17. The molecular formula is C32H42N4O7. The number of rotatable bonds is 5. The number of carbonyl (C=O) groups is 4. The number of ketones is 1. The Morgan fingerprint density at radius 1 is 1.14 bits per heavy atom. The molecule has 11 nitrogen and oxygen atoms in total. The third-order valence-corrected chi connectivity index (χ3v) is 8.24. The van der Waals surface area contributed by atoms with Gasteiger partial charge in [-0.15, -0.1) is 0 Å². The van der Waals surface area contributed by atoms with Crippen molar-refractivity contribution in [1.29, 1.82) is 0 Å². The molecule has 11 heteroatoms. The predicted molar refractivity (Wildman–Crippen MR) is 160 cm³/mol. The third-order valence-electron chi connectivity index (χ3n) is 8.24. The highest BCUT2D eigenvalue weighted by Crippen LogP contribution is 2.32. The van der Waals surface area contributed by atoms with E-state index in [0.717, 1.165) is 16.8 Å². The third kappa shape index (κ3) is 8.24. The number of ether oxygens (including phenoxy) is 3. The highest BCUT2D eigenvalue weighted by Gasteiger charge is 2.51. The Balaban J connectivity index is 1.35. The summed E-state index contributed by atoms with van der Waals surface area (Å²) in [4.78, 5) is 50.9. The zero-order chi connectivity index (χ0) is 31.1. The second-order valence-corrected chi connectivity index (χ2v) is 11.9. The van der Waals surface area contributed by atoms with Crippen LogP contribution in [0.2, 0.25) is 0 Å². The molecule has 2 aromatic rings. The molecule has 1 aromatic heterocycles. The van der Waals surface area contributed by atoms with Crippen LogP contribution in [0.4, 0.5) is 9.59 Å². The Morgan fingerprint density at radius 2 is 1.88 bits per heavy atom. The SMILES string of the molecule is CC1CCC[C@H](OC(=O)NC/C=C/c2ccc(-c3ccn(C)n3)cc2)C[C@@H](C)C(=O)[C@H](C)[C@H]2NC(=O)O[C@]2(C)COC1=O. The van der Waals surface area contributed by atoms with Crippen molar-refractivity contribution < 1.29 is 33.4 Å². The fourth-order valence-corrected chi connectivity index (χ4v) is 5.70. The molecule has 6 atom stereocenters. The monoisotopic (exact) mass is 594 g/mol. The quantitative estimate of drug-likeness (QED) is 0.377. The van der Waals surface area contributed by atoms with Crippen LogP contribution in [0.3, 0.4) is 0 Å². The van der Waals surface area contributed by atoms with E-state index in [1.807, 2.05) is 55.7 Å². The summed E-state index contributed by atoms with van der Waals surface area (Å²) in [5.74, 6) is -1.93. The van der Waals surface area contributed by atoms with Gasteiger partial charge in [0.15, 0.2) is 5.60 Å². The van der Waals surface area contributed by atoms with E-state index in [1.54, 1.807) is 32.4 Å². The summed E-state index contributed by atoms with van der Waals surface area (Å²) in [5.41, 5.74) is 1.73. The summed E-state index contributed by atoms with van der Waals surface area (Å²) < 4.78 is 18.5. The fraction of sp³-hybridized carbons (Fsp3) is 0.531. The van der Waals surface area contributed by atoms with Crippen LogP contribution in [0.5, 0.6) is 0 Å². The lowest BCUT2D eigenvalue weighted by Gasteiger charge is -2.33. The summed E-state index contributed by atoms with van der Waals surface area (Å²) >= 11 is 0. The van der Waals surface area contributed by atoms with Gasteiger partial charge in [0.2, 0.25) is 0 Å². The summed E-state index contributed by atoms with van der Waals surface area (Å²) in [6, 6.07) is 9.24. The first kappa shape index (κ1) is 31.8. The van der Waals surface area contributed by atoms with Gasteiger partial charge in [0.05, 0.1) is 17.7 Å². The van der Waals surface area contributed by atoms with Gasteiger partial charge < -0.3 is 24.8 Å². The number of esters is 1. The van der Waals surface area contributed by atoms with Crippen molar-refractivity contribution in [2.45, 2.75) is 71.1 Å². The molecule has 0 spiro atoms. The van der Waals surface area contributed by atoms with Gasteiger partial charge in [0.1, 0.15) is 18.5 Å². The van der Waals surface area contributed by atoms with Crippen molar-refractivity contribution in [2.24, 2.45) is 24.8 Å². The molecule has 2 amide bonds. The van der Waals surface area contributed by atoms with Gasteiger partial charge >= 0.3 is 18.2 Å². The molecule has 4 rings (SSSR count). The number of alkyl carbamates (subject to hydrolysis) is 2. The molecule has 0 saturated carbocycles. The number of aromatic nitrogens is 2. The first-order valence-corrected chi connectivity index (χ1v) is 14.9. The Kier molecular flexibility index (Phi) is 10.3. The standard InChI is InChI=1S/C32H42N4O7/c1-20-8-6-10-25(18-21(2)27(37)22(3)28-32(4,19-41-29(20)38)43-31(40)34-28)42-30(39)33-16-7-9-23-11-13-24(14-12-23)26-15-17-36(5)35-26/h7,9,11-15,17,20-22,25,28H,6,8,10,16,18-19H2,1-5H3,(H,33,39)(H,34,40)/b9-7+/t20?,21-,22+,25+,28-,32-/m1/s1. The van der Waals surface area contributed by atoms with Gasteiger partial charge in [0, 0.05) is 37.2 Å². The molecule has 1 aromatic carbocycles. The molecule has 232 valence electrons. The Hall–Kier alpha value is -4.15. The van der Waals surface area contributed by atoms with Crippen LogP contribution in [-0.4, -0.2) is 64.6 Å². The van der Waals surface area contributed by atoms with E-state index >= 15 is 0 Å². The average molecular weight is 595 g/mol. The number of cyclic esters (lactones) is 1. The van der Waals surface area contributed by atoms with E-state index < -0.39 is 47.7 Å². The molecule has 2 saturated heterocycles. The summed E-state index contributed by atoms with van der Waals surface area (Å²) in [7, 11) is 1.88. The molecule has 43 heavy (non-hydrogen) atoms. The lowest BCUT2D eigenvalue weighted by atomic mass is 9.80. The molecule has 1 unspecified atom stereocenters. The van der Waals surface area contributed by atoms with Crippen molar-refractivity contribution in [2.75, 3.05) is 13.2 Å². The van der Waals surface area contributed by atoms with Gasteiger partial charge in [-0.05, 0) is 44.2 Å². The molecule has 0 radical (unpaired) electrons. The first-order valence-electron chi connectivity index (χ1n) is 14.9. The summed E-state index contributed by atoms with van der Waals surface area (Å²) in [5, 5.41) is 9.88. The van der Waals surface area contributed by atoms with Crippen molar-refractivity contribution in [3.8, 4) is 11.3 Å². The first-order chi connectivity index (χ1) is 20.4. The highest BCUT2D eigenvalue weighted by atomic mass is 16.6. The molecule has 2 fully saturated rings. The number of Topliss-reactive ketones (excluding diaryl/α,β-unsaturated/α-hetero) is 1. The van der Waals surface area contributed by atoms with Crippen LogP contribution in [0.25, 0.3) is 17.3 Å². The number of aryl methyl sites for hydroxylation is 1. The fourth-order valence-electron chi connectivity index (χ4n) is 5.70. The molecule has 2 aliphatic heterocycles. The van der Waals surface area contributed by atoms with Gasteiger partial charge in [-0.25, -0.2) is 9.59 Å². The number of hydrogen-bond donors (Lipinski definition) is 2. The topological polar surface area (TPSA) is 138 Å². The lowest BCUT2D eigenvalue weighted by Crippen LogP contribution is -2.52. The van der Waals surface area contributed by atoms with Crippen LogP contribution < -0.4 is 10.6 Å². The average Bonchev–Trinajstić information content (AvgIpc) is 3.54. The van der Waals surface area contributed by atoms with E-state index in [1.165, 1.54) is 0 Å². The van der Waals surface area contributed by atoms with Gasteiger partial charge in [-0.3, -0.25) is 14.3 Å². The van der Waals surface area contributed by atoms with E-state index in [4.69, 9.17) is 14.2 Å². The number of amides is 2. The number of hydrogen-bond acceptors (Lipinski definition) is 8. The molecule has 0 bridgehead atoms. The van der Waals surface area contributed by atoms with Gasteiger partial charge in [-0.2, -0.15) is 5.10 Å². The zero-order valence-electron chi connectivity index (χ0n) is 25.5. The number of nitrogens with one attached hydrogen (secondary N) is 2. The van der Waals surface area contributed by atoms with E-state index in [0.29, 0.717) is 25.7 Å². The van der Waals surface area contributed by atoms with Crippen molar-refractivity contribution in [1.82, 2.24) is 20.4 Å². The number of carbonyl (C=O) groups excluding carboxylic acids is 4. The molecule has 3 heterocycles. The smallest absolute Gasteiger partial charge is 0.408 e. The van der Waals surface area contributed by atoms with Crippen LogP contribution in [0.1, 0.15) is 58.9 Å². The number of fused-ring (bicyclic) bond motifs is 1. The van der Waals surface area contributed by atoms with Crippen LogP contribution in [0, 0.1) is 17.8 Å². The number of nitrogens with zero attached hydrogens (tertiary/aromatic N) is 2. The lowest BCUT2D eigenvalue weighted by molar-refractivity contribution is -0.155. The summed E-state index contributed by atoms with van der Waals surface area (Å²) in [6.07, 6.45) is 5.84. The maximum absolute atomic E-state index is 13.4. The minimum Gasteiger partial charge on any atom is -0.461 e. The maximum Gasteiger partial charge on any atom is 0.408 e. The zero-order valence-corrected chi connectivity index (χ0v) is 25.5. The Bertz CT molecular complexity index is 1340. The molecule has 2 aliphatic rings. The van der Waals surface area contributed by atoms with Crippen LogP contribution in [-0.2, 0) is 30.8 Å². The van der Waals surface area contributed by atoms with Crippen LogP contribution in [0.15, 0.2) is 42.6 Å². The molecule has 0 aliphatic carbocycles. The minimum absolute atomic E-state index is 0.0928. The van der Waals surface area contributed by atoms with Crippen LogP contribution >= 0.6 is 0 Å². The van der Waals surface area contributed by atoms with E-state index in [9.17, 15) is 19.2 Å². The van der Waals surface area contributed by atoms with Crippen molar-refractivity contribution >= 4 is 30.0 Å². The largest absolute Gasteiger partial charge is 0.461 e.